The van der Waals surface area contributed by atoms with Gasteiger partial charge in [0.05, 0.1) is 13.2 Å². The van der Waals surface area contributed by atoms with Crippen LogP contribution in [0.3, 0.4) is 0 Å². The van der Waals surface area contributed by atoms with Crippen molar-refractivity contribution >= 4 is 0 Å². The van der Waals surface area contributed by atoms with E-state index in [1.807, 2.05) is 0 Å². The van der Waals surface area contributed by atoms with Crippen LogP contribution in [0.2, 0.25) is 0 Å². The summed E-state index contributed by atoms with van der Waals surface area (Å²) in [5.41, 5.74) is 0.581. The second-order valence-corrected chi connectivity index (χ2v) is 6.55. The maximum atomic E-state index is 5.31. The maximum absolute atomic E-state index is 5.31. The summed E-state index contributed by atoms with van der Waals surface area (Å²) in [7, 11) is 0. The van der Waals surface area contributed by atoms with Crippen molar-refractivity contribution in [1.82, 2.24) is 4.90 Å². The first-order valence-corrected chi connectivity index (χ1v) is 6.84. The summed E-state index contributed by atoms with van der Waals surface area (Å²) in [5, 5.41) is 0. The molecule has 0 aromatic carbocycles. The van der Waals surface area contributed by atoms with E-state index in [0.717, 1.165) is 31.1 Å². The highest BCUT2D eigenvalue weighted by molar-refractivity contribution is 5.00. The zero-order chi connectivity index (χ0) is 11.8. The van der Waals surface area contributed by atoms with Crippen molar-refractivity contribution in [3.8, 4) is 0 Å². The normalized spacial score (nSPS) is 27.6. The van der Waals surface area contributed by atoms with Gasteiger partial charge in [0.15, 0.2) is 0 Å². The molecule has 0 aliphatic carbocycles. The molecule has 16 heavy (non-hydrogen) atoms. The minimum atomic E-state index is 0.581. The fourth-order valence-electron chi connectivity index (χ4n) is 2.72. The maximum Gasteiger partial charge on any atom is 0.0569 e. The molecule has 0 N–H and O–H groups in total. The summed E-state index contributed by atoms with van der Waals surface area (Å²) in [6.07, 6.45) is 2.73. The highest BCUT2D eigenvalue weighted by Crippen LogP contribution is 2.39. The third-order valence-electron chi connectivity index (χ3n) is 4.69. The fourth-order valence-corrected chi connectivity index (χ4v) is 2.72. The summed E-state index contributed by atoms with van der Waals surface area (Å²) >= 11 is 0. The van der Waals surface area contributed by atoms with E-state index in [1.54, 1.807) is 0 Å². The van der Waals surface area contributed by atoms with E-state index in [9.17, 15) is 0 Å². The lowest BCUT2D eigenvalue weighted by molar-refractivity contribution is -0.197. The second kappa shape index (κ2) is 4.66. The molecule has 2 nitrogen and oxygen atoms in total. The smallest absolute Gasteiger partial charge is 0.0569 e. The molecule has 2 unspecified atom stereocenters. The van der Waals surface area contributed by atoms with Crippen molar-refractivity contribution in [3.63, 3.8) is 0 Å². The molecule has 0 bridgehead atoms. The highest BCUT2D eigenvalue weighted by Gasteiger charge is 2.49. The molecule has 2 aliphatic rings. The monoisotopic (exact) mass is 225 g/mol. The van der Waals surface area contributed by atoms with E-state index >= 15 is 0 Å². The van der Waals surface area contributed by atoms with Crippen molar-refractivity contribution in [3.05, 3.63) is 0 Å². The van der Waals surface area contributed by atoms with Gasteiger partial charge in [0.25, 0.3) is 0 Å². The first-order chi connectivity index (χ1) is 7.52. The van der Waals surface area contributed by atoms with Gasteiger partial charge in [0.1, 0.15) is 0 Å². The zero-order valence-corrected chi connectivity index (χ0v) is 11.3. The van der Waals surface area contributed by atoms with E-state index in [1.165, 1.54) is 25.9 Å². The number of ether oxygens (including phenoxy) is 1. The number of rotatable bonds is 5. The Morgan fingerprint density at radius 2 is 1.69 bits per heavy atom. The summed E-state index contributed by atoms with van der Waals surface area (Å²) in [5.74, 6) is 1.69. The van der Waals surface area contributed by atoms with Gasteiger partial charge in [-0.1, -0.05) is 20.8 Å². The van der Waals surface area contributed by atoms with Crippen LogP contribution >= 0.6 is 0 Å². The second-order valence-electron chi connectivity index (χ2n) is 6.55. The Morgan fingerprint density at radius 3 is 2.12 bits per heavy atom. The molecular formula is C14H27NO. The molecule has 2 aliphatic heterocycles. The van der Waals surface area contributed by atoms with E-state index in [-0.39, 0.29) is 0 Å². The largest absolute Gasteiger partial charge is 0.380 e. The van der Waals surface area contributed by atoms with Gasteiger partial charge in [-0.2, -0.15) is 0 Å². The Kier molecular flexibility index (Phi) is 3.60. The number of hydrogen-bond acceptors (Lipinski definition) is 2. The molecule has 2 heteroatoms. The van der Waals surface area contributed by atoms with Gasteiger partial charge in [-0.25, -0.2) is 0 Å². The van der Waals surface area contributed by atoms with Crippen LogP contribution in [0.1, 0.15) is 40.5 Å². The molecule has 2 rings (SSSR count). The average molecular weight is 225 g/mol. The lowest BCUT2D eigenvalue weighted by Crippen LogP contribution is -2.67. The van der Waals surface area contributed by atoms with Crippen LogP contribution in [0.5, 0.6) is 0 Å². The summed E-state index contributed by atoms with van der Waals surface area (Å²) in [6.45, 7) is 14.0. The van der Waals surface area contributed by atoms with E-state index in [2.05, 4.69) is 32.6 Å². The minimum Gasteiger partial charge on any atom is -0.380 e. The van der Waals surface area contributed by atoms with Crippen LogP contribution < -0.4 is 0 Å². The van der Waals surface area contributed by atoms with Crippen LogP contribution in [0, 0.1) is 17.3 Å². The predicted octanol–water partition coefficient (Wildman–Crippen LogP) is 2.78. The van der Waals surface area contributed by atoms with Crippen molar-refractivity contribution in [1.29, 1.82) is 0 Å². The quantitative estimate of drug-likeness (QED) is 0.713. The Labute approximate surface area is 100 Å². The molecule has 94 valence electrons. The fraction of sp³-hybridized carbons (Fsp3) is 1.00. The Hall–Kier alpha value is -0.0800. The molecule has 0 radical (unpaired) electrons. The van der Waals surface area contributed by atoms with Gasteiger partial charge in [0, 0.05) is 24.5 Å². The molecule has 1 spiro atoms. The Balaban J connectivity index is 1.64. The van der Waals surface area contributed by atoms with Crippen molar-refractivity contribution in [2.45, 2.75) is 46.6 Å². The van der Waals surface area contributed by atoms with E-state index < -0.39 is 0 Å². The van der Waals surface area contributed by atoms with Gasteiger partial charge in [-0.15, -0.1) is 0 Å². The molecule has 2 saturated heterocycles. The molecule has 2 fully saturated rings. The lowest BCUT2D eigenvalue weighted by Gasteiger charge is -2.57. The highest BCUT2D eigenvalue weighted by atomic mass is 16.5. The SMILES string of the molecule is CC(C)C(C)CCC(C)N1CC2(COC2)C1. The number of likely N-dealkylation sites (tertiary alicyclic amines) is 1. The first-order valence-electron chi connectivity index (χ1n) is 6.84. The Morgan fingerprint density at radius 1 is 1.06 bits per heavy atom. The van der Waals surface area contributed by atoms with Crippen molar-refractivity contribution in [2.24, 2.45) is 17.3 Å². The molecule has 2 atom stereocenters. The van der Waals surface area contributed by atoms with Crippen LogP contribution in [0.15, 0.2) is 0 Å². The van der Waals surface area contributed by atoms with Crippen molar-refractivity contribution < 1.29 is 4.74 Å². The Bertz CT molecular complexity index is 227. The molecule has 0 aromatic rings. The molecule has 0 saturated carbocycles. The summed E-state index contributed by atoms with van der Waals surface area (Å²) < 4.78 is 5.31. The molecule has 0 amide bonds. The molecule has 0 aromatic heterocycles. The lowest BCUT2D eigenvalue weighted by atomic mass is 9.76. The van der Waals surface area contributed by atoms with Crippen LogP contribution in [-0.4, -0.2) is 37.2 Å². The predicted molar refractivity (Wildman–Crippen MR) is 67.5 cm³/mol. The zero-order valence-electron chi connectivity index (χ0n) is 11.3. The van der Waals surface area contributed by atoms with Crippen LogP contribution in [-0.2, 0) is 4.74 Å². The van der Waals surface area contributed by atoms with Crippen molar-refractivity contribution in [2.75, 3.05) is 26.3 Å². The van der Waals surface area contributed by atoms with Gasteiger partial charge in [-0.3, -0.25) is 4.90 Å². The van der Waals surface area contributed by atoms with E-state index in [4.69, 9.17) is 4.74 Å². The molecule has 2 heterocycles. The number of hydrogen-bond donors (Lipinski definition) is 0. The third kappa shape index (κ3) is 2.43. The van der Waals surface area contributed by atoms with Gasteiger partial charge >= 0.3 is 0 Å². The van der Waals surface area contributed by atoms with Crippen LogP contribution in [0.25, 0.3) is 0 Å². The van der Waals surface area contributed by atoms with Gasteiger partial charge in [-0.05, 0) is 31.6 Å². The summed E-state index contributed by atoms with van der Waals surface area (Å²) in [6, 6.07) is 0.771. The van der Waals surface area contributed by atoms with Gasteiger partial charge < -0.3 is 4.74 Å². The average Bonchev–Trinajstić information content (AvgIpc) is 2.09. The van der Waals surface area contributed by atoms with Crippen LogP contribution in [0.4, 0.5) is 0 Å². The van der Waals surface area contributed by atoms with E-state index in [0.29, 0.717) is 5.41 Å². The third-order valence-corrected chi connectivity index (χ3v) is 4.69. The topological polar surface area (TPSA) is 12.5 Å². The molecular weight excluding hydrogens is 198 g/mol. The van der Waals surface area contributed by atoms with Gasteiger partial charge in [0.2, 0.25) is 0 Å². The standard InChI is InChI=1S/C14H27NO/c1-11(2)12(3)5-6-13(4)15-7-14(8-15)9-16-10-14/h11-13H,5-10H2,1-4H3. The first kappa shape index (κ1) is 12.4. The number of nitrogens with zero attached hydrogens (tertiary/aromatic N) is 1. The minimum absolute atomic E-state index is 0.581. The summed E-state index contributed by atoms with van der Waals surface area (Å²) in [4.78, 5) is 2.63.